The van der Waals surface area contributed by atoms with Crippen LogP contribution in [0.1, 0.15) is 25.0 Å². The molecule has 1 aliphatic carbocycles. The van der Waals surface area contributed by atoms with Crippen LogP contribution in [-0.2, 0) is 5.41 Å². The molecule has 0 radical (unpaired) electrons. The van der Waals surface area contributed by atoms with E-state index in [2.05, 4.69) is 170 Å². The van der Waals surface area contributed by atoms with E-state index < -0.39 is 0 Å². The standard InChI is InChI=1S/C43H31NO/c1-43(2)37-20-10-8-18-33(37)36-27-30(24-26-38(36)43)44(39-21-11-9-16-31(39)28-13-4-3-5-14-28)40-22-12-19-34-35-25-23-29-15-6-7-17-32(29)41(35)45-42(34)40/h3-27H,1-2H3. The fourth-order valence-corrected chi connectivity index (χ4v) is 7.47. The van der Waals surface area contributed by atoms with Crippen LogP contribution in [0, 0.1) is 0 Å². The summed E-state index contributed by atoms with van der Waals surface area (Å²) in [5.41, 5.74) is 12.6. The molecule has 0 atom stereocenters. The molecule has 0 saturated heterocycles. The third-order valence-electron chi connectivity index (χ3n) is 9.66. The summed E-state index contributed by atoms with van der Waals surface area (Å²) in [5, 5.41) is 4.55. The number of furan rings is 1. The largest absolute Gasteiger partial charge is 0.453 e. The van der Waals surface area contributed by atoms with Gasteiger partial charge in [-0.15, -0.1) is 0 Å². The third-order valence-corrected chi connectivity index (χ3v) is 9.66. The molecular formula is C43H31NO. The molecule has 0 saturated carbocycles. The van der Waals surface area contributed by atoms with Crippen molar-refractivity contribution >= 4 is 49.8 Å². The van der Waals surface area contributed by atoms with Crippen LogP contribution in [0.4, 0.5) is 17.1 Å². The highest BCUT2D eigenvalue weighted by atomic mass is 16.3. The van der Waals surface area contributed by atoms with Gasteiger partial charge >= 0.3 is 0 Å². The number of rotatable bonds is 4. The Bertz CT molecular complexity index is 2410. The smallest absolute Gasteiger partial charge is 0.159 e. The molecule has 45 heavy (non-hydrogen) atoms. The van der Waals surface area contributed by atoms with Gasteiger partial charge in [-0.25, -0.2) is 0 Å². The normalized spacial score (nSPS) is 13.3. The molecule has 8 aromatic rings. The average Bonchev–Trinajstić information content (AvgIpc) is 3.59. The Morgan fingerprint density at radius 1 is 0.467 bits per heavy atom. The number of nitrogens with zero attached hydrogens (tertiary/aromatic N) is 1. The molecule has 7 aromatic carbocycles. The maximum Gasteiger partial charge on any atom is 0.159 e. The highest BCUT2D eigenvalue weighted by molar-refractivity contribution is 6.17. The minimum atomic E-state index is -0.0585. The van der Waals surface area contributed by atoms with Crippen molar-refractivity contribution in [3.8, 4) is 22.3 Å². The van der Waals surface area contributed by atoms with Crippen LogP contribution in [0.3, 0.4) is 0 Å². The molecule has 0 bridgehead atoms. The monoisotopic (exact) mass is 577 g/mol. The maximum atomic E-state index is 6.91. The molecule has 0 unspecified atom stereocenters. The molecule has 1 aromatic heterocycles. The summed E-state index contributed by atoms with van der Waals surface area (Å²) in [5.74, 6) is 0. The van der Waals surface area contributed by atoms with Crippen molar-refractivity contribution < 1.29 is 4.42 Å². The highest BCUT2D eigenvalue weighted by Crippen LogP contribution is 2.52. The lowest BCUT2D eigenvalue weighted by Crippen LogP contribution is -2.15. The van der Waals surface area contributed by atoms with Crippen molar-refractivity contribution in [2.45, 2.75) is 19.3 Å². The van der Waals surface area contributed by atoms with E-state index in [-0.39, 0.29) is 5.41 Å². The van der Waals surface area contributed by atoms with E-state index in [1.165, 1.54) is 33.2 Å². The first-order chi connectivity index (χ1) is 22.1. The first-order valence-electron chi connectivity index (χ1n) is 15.6. The van der Waals surface area contributed by atoms with Gasteiger partial charge in [0.05, 0.1) is 11.4 Å². The zero-order valence-electron chi connectivity index (χ0n) is 25.3. The molecule has 0 aliphatic heterocycles. The molecule has 9 rings (SSSR count). The lowest BCUT2D eigenvalue weighted by atomic mass is 9.82. The minimum Gasteiger partial charge on any atom is -0.453 e. The maximum absolute atomic E-state index is 6.91. The summed E-state index contributed by atoms with van der Waals surface area (Å²) in [6.45, 7) is 4.67. The molecule has 1 aliphatic rings. The Labute approximate surface area is 262 Å². The van der Waals surface area contributed by atoms with Gasteiger partial charge in [-0.2, -0.15) is 0 Å². The Hall–Kier alpha value is -5.60. The van der Waals surface area contributed by atoms with Crippen molar-refractivity contribution in [2.24, 2.45) is 0 Å². The molecular weight excluding hydrogens is 546 g/mol. The summed E-state index contributed by atoms with van der Waals surface area (Å²) >= 11 is 0. The predicted molar refractivity (Wildman–Crippen MR) is 189 cm³/mol. The van der Waals surface area contributed by atoms with Crippen molar-refractivity contribution in [1.29, 1.82) is 0 Å². The Morgan fingerprint density at radius 2 is 1.13 bits per heavy atom. The Balaban J connectivity index is 1.35. The number of benzene rings is 7. The topological polar surface area (TPSA) is 16.4 Å². The summed E-state index contributed by atoms with van der Waals surface area (Å²) < 4.78 is 6.91. The number of para-hydroxylation sites is 2. The van der Waals surface area contributed by atoms with Crippen molar-refractivity contribution in [2.75, 3.05) is 4.90 Å². The van der Waals surface area contributed by atoms with Crippen LogP contribution in [0.2, 0.25) is 0 Å². The van der Waals surface area contributed by atoms with Gasteiger partial charge in [-0.3, -0.25) is 0 Å². The number of hydrogen-bond donors (Lipinski definition) is 0. The summed E-state index contributed by atoms with van der Waals surface area (Å²) in [6, 6.07) is 54.6. The Morgan fingerprint density at radius 3 is 2.02 bits per heavy atom. The summed E-state index contributed by atoms with van der Waals surface area (Å²) in [7, 11) is 0. The zero-order chi connectivity index (χ0) is 30.1. The van der Waals surface area contributed by atoms with E-state index in [9.17, 15) is 0 Å². The fraction of sp³-hybridized carbons (Fsp3) is 0.0698. The molecule has 0 amide bonds. The molecule has 1 heterocycles. The van der Waals surface area contributed by atoms with Crippen molar-refractivity contribution in [3.63, 3.8) is 0 Å². The first kappa shape index (κ1) is 25.9. The van der Waals surface area contributed by atoms with Gasteiger partial charge in [0.15, 0.2) is 5.58 Å². The second kappa shape index (κ2) is 9.70. The van der Waals surface area contributed by atoms with Crippen LogP contribution in [-0.4, -0.2) is 0 Å². The van der Waals surface area contributed by atoms with Gasteiger partial charge in [0.1, 0.15) is 5.58 Å². The fourth-order valence-electron chi connectivity index (χ4n) is 7.47. The second-order valence-electron chi connectivity index (χ2n) is 12.5. The molecule has 0 spiro atoms. The van der Waals surface area contributed by atoms with Crippen LogP contribution in [0.15, 0.2) is 156 Å². The van der Waals surface area contributed by atoms with E-state index in [1.807, 2.05) is 0 Å². The van der Waals surface area contributed by atoms with Gasteiger partial charge in [0.2, 0.25) is 0 Å². The van der Waals surface area contributed by atoms with Gasteiger partial charge < -0.3 is 9.32 Å². The molecule has 214 valence electrons. The van der Waals surface area contributed by atoms with Crippen LogP contribution in [0.5, 0.6) is 0 Å². The summed E-state index contributed by atoms with van der Waals surface area (Å²) in [4.78, 5) is 2.39. The number of anilines is 3. The van der Waals surface area contributed by atoms with Gasteiger partial charge in [-0.1, -0.05) is 135 Å². The summed E-state index contributed by atoms with van der Waals surface area (Å²) in [6.07, 6.45) is 0. The lowest BCUT2D eigenvalue weighted by Gasteiger charge is -2.29. The van der Waals surface area contributed by atoms with Crippen molar-refractivity contribution in [3.05, 3.63) is 163 Å². The quantitative estimate of drug-likeness (QED) is 0.207. The highest BCUT2D eigenvalue weighted by Gasteiger charge is 2.36. The number of fused-ring (bicyclic) bond motifs is 8. The first-order valence-corrected chi connectivity index (χ1v) is 15.6. The molecule has 0 N–H and O–H groups in total. The van der Waals surface area contributed by atoms with Gasteiger partial charge in [-0.05, 0) is 63.5 Å². The number of hydrogen-bond acceptors (Lipinski definition) is 2. The van der Waals surface area contributed by atoms with E-state index in [0.29, 0.717) is 0 Å². The molecule has 2 nitrogen and oxygen atoms in total. The van der Waals surface area contributed by atoms with Crippen LogP contribution < -0.4 is 4.90 Å². The van der Waals surface area contributed by atoms with Gasteiger partial charge in [0, 0.05) is 32.8 Å². The van der Waals surface area contributed by atoms with E-state index in [0.717, 1.165) is 50.0 Å². The van der Waals surface area contributed by atoms with Crippen molar-refractivity contribution in [1.82, 2.24) is 0 Å². The van der Waals surface area contributed by atoms with Gasteiger partial charge in [0.25, 0.3) is 0 Å². The van der Waals surface area contributed by atoms with E-state index in [1.54, 1.807) is 0 Å². The van der Waals surface area contributed by atoms with E-state index in [4.69, 9.17) is 4.42 Å². The van der Waals surface area contributed by atoms with Crippen LogP contribution in [0.25, 0.3) is 55.0 Å². The molecule has 0 fully saturated rings. The third kappa shape index (κ3) is 3.82. The predicted octanol–water partition coefficient (Wildman–Crippen LogP) is 12.2. The molecule has 2 heteroatoms. The second-order valence-corrected chi connectivity index (χ2v) is 12.5. The SMILES string of the molecule is CC1(C)c2ccccc2-c2cc(N(c3ccccc3-c3ccccc3)c3cccc4c3oc3c5ccccc5ccc43)ccc21. The average molecular weight is 578 g/mol. The lowest BCUT2D eigenvalue weighted by molar-refractivity contribution is 0.660. The van der Waals surface area contributed by atoms with E-state index >= 15 is 0 Å². The van der Waals surface area contributed by atoms with Crippen LogP contribution >= 0.6 is 0 Å². The zero-order valence-corrected chi connectivity index (χ0v) is 25.3. The minimum absolute atomic E-state index is 0.0585. The Kier molecular flexibility index (Phi) is 5.58.